The number of ether oxygens (including phenoxy) is 4. The van der Waals surface area contributed by atoms with Crippen molar-refractivity contribution in [2.24, 2.45) is 0 Å². The lowest BCUT2D eigenvalue weighted by Gasteiger charge is -2.15. The van der Waals surface area contributed by atoms with Gasteiger partial charge >= 0.3 is 5.97 Å². The first-order valence-corrected chi connectivity index (χ1v) is 9.52. The highest BCUT2D eigenvalue weighted by molar-refractivity contribution is 6.16. The van der Waals surface area contributed by atoms with Gasteiger partial charge in [-0.1, -0.05) is 30.3 Å². The summed E-state index contributed by atoms with van der Waals surface area (Å²) in [5.41, 5.74) is 1.55. The zero-order chi connectivity index (χ0) is 21.1. The van der Waals surface area contributed by atoms with Crippen molar-refractivity contribution in [2.75, 3.05) is 21.3 Å². The van der Waals surface area contributed by atoms with Crippen molar-refractivity contribution in [3.8, 4) is 17.2 Å². The van der Waals surface area contributed by atoms with E-state index < -0.39 is 5.97 Å². The van der Waals surface area contributed by atoms with Gasteiger partial charge in [-0.2, -0.15) is 0 Å². The average molecular weight is 402 g/mol. The zero-order valence-corrected chi connectivity index (χ0v) is 17.1. The van der Waals surface area contributed by atoms with E-state index in [2.05, 4.69) is 0 Å². The number of rotatable bonds is 6. The Bertz CT molecular complexity index is 1210. The molecule has 152 valence electrons. The smallest absolute Gasteiger partial charge is 0.338 e. The third-order valence-electron chi connectivity index (χ3n) is 5.09. The predicted molar refractivity (Wildman–Crippen MR) is 117 cm³/mol. The van der Waals surface area contributed by atoms with Gasteiger partial charge in [0, 0.05) is 0 Å². The molecule has 0 aliphatic rings. The molecule has 0 spiro atoms. The minimum absolute atomic E-state index is 0.393. The van der Waals surface area contributed by atoms with Gasteiger partial charge in [0.05, 0.1) is 26.9 Å². The highest BCUT2D eigenvalue weighted by Gasteiger charge is 2.17. The van der Waals surface area contributed by atoms with E-state index >= 15 is 0 Å². The second-order valence-electron chi connectivity index (χ2n) is 6.83. The molecular formula is C25H22O5. The van der Waals surface area contributed by atoms with Crippen LogP contribution >= 0.6 is 0 Å². The lowest BCUT2D eigenvalue weighted by molar-refractivity contribution is 0.0603. The maximum absolute atomic E-state index is 12.4. The Labute approximate surface area is 174 Å². The monoisotopic (exact) mass is 402 g/mol. The van der Waals surface area contributed by atoms with Crippen molar-refractivity contribution < 1.29 is 23.7 Å². The quantitative estimate of drug-likeness (QED) is 0.320. The molecule has 0 unspecified atom stereocenters. The van der Waals surface area contributed by atoms with Crippen molar-refractivity contribution in [2.45, 2.75) is 6.61 Å². The Kier molecular flexibility index (Phi) is 5.44. The van der Waals surface area contributed by atoms with E-state index in [-0.39, 0.29) is 0 Å². The molecule has 0 N–H and O–H groups in total. The summed E-state index contributed by atoms with van der Waals surface area (Å²) in [5.74, 6) is 1.53. The van der Waals surface area contributed by atoms with Crippen LogP contribution in [-0.4, -0.2) is 27.3 Å². The summed E-state index contributed by atoms with van der Waals surface area (Å²) in [5, 5.41) is 3.44. The third-order valence-corrected chi connectivity index (χ3v) is 5.09. The van der Waals surface area contributed by atoms with Gasteiger partial charge < -0.3 is 18.9 Å². The van der Waals surface area contributed by atoms with Crippen LogP contribution in [0.1, 0.15) is 15.9 Å². The Morgan fingerprint density at radius 1 is 0.767 bits per heavy atom. The minimum Gasteiger partial charge on any atom is -0.497 e. The van der Waals surface area contributed by atoms with Gasteiger partial charge in [0.25, 0.3) is 0 Å². The van der Waals surface area contributed by atoms with Crippen LogP contribution < -0.4 is 14.2 Å². The van der Waals surface area contributed by atoms with Gasteiger partial charge in [-0.15, -0.1) is 0 Å². The third kappa shape index (κ3) is 3.62. The number of fused-ring (bicyclic) bond motifs is 3. The fourth-order valence-electron chi connectivity index (χ4n) is 3.56. The van der Waals surface area contributed by atoms with Gasteiger partial charge in [-0.25, -0.2) is 4.79 Å². The van der Waals surface area contributed by atoms with E-state index in [0.29, 0.717) is 29.4 Å². The van der Waals surface area contributed by atoms with Crippen molar-refractivity contribution in [1.29, 1.82) is 0 Å². The molecule has 0 saturated carbocycles. The van der Waals surface area contributed by atoms with Crippen molar-refractivity contribution in [3.05, 3.63) is 77.9 Å². The first kappa shape index (κ1) is 19.6. The fourth-order valence-corrected chi connectivity index (χ4v) is 3.56. The number of hydrogen-bond acceptors (Lipinski definition) is 5. The molecule has 5 heteroatoms. The number of methoxy groups -OCH3 is 3. The second kappa shape index (κ2) is 8.33. The maximum Gasteiger partial charge on any atom is 0.338 e. The highest BCUT2D eigenvalue weighted by Crippen LogP contribution is 2.39. The molecule has 0 aliphatic carbocycles. The Hall–Kier alpha value is -3.73. The lowest BCUT2D eigenvalue weighted by Crippen LogP contribution is -2.03. The summed E-state index contributed by atoms with van der Waals surface area (Å²) in [4.78, 5) is 12.4. The van der Waals surface area contributed by atoms with E-state index in [0.717, 1.165) is 27.1 Å². The first-order chi connectivity index (χ1) is 14.6. The lowest BCUT2D eigenvalue weighted by atomic mass is 9.96. The van der Waals surface area contributed by atoms with E-state index in [1.165, 1.54) is 7.11 Å². The Morgan fingerprint density at radius 3 is 2.27 bits per heavy atom. The minimum atomic E-state index is -0.393. The molecule has 0 saturated heterocycles. The van der Waals surface area contributed by atoms with Gasteiger partial charge in [0.1, 0.15) is 12.4 Å². The van der Waals surface area contributed by atoms with Crippen LogP contribution in [-0.2, 0) is 11.3 Å². The number of benzene rings is 4. The van der Waals surface area contributed by atoms with Gasteiger partial charge in [-0.3, -0.25) is 0 Å². The van der Waals surface area contributed by atoms with Gasteiger partial charge in [0.15, 0.2) is 11.5 Å². The molecule has 0 radical (unpaired) electrons. The molecule has 0 atom stereocenters. The van der Waals surface area contributed by atoms with Gasteiger partial charge in [0.2, 0.25) is 0 Å². The van der Waals surface area contributed by atoms with Crippen molar-refractivity contribution >= 4 is 27.5 Å². The molecule has 0 fully saturated rings. The molecule has 0 bridgehead atoms. The molecule has 4 aromatic rings. The summed E-state index contributed by atoms with van der Waals surface area (Å²) in [7, 11) is 4.59. The van der Waals surface area contributed by atoms with E-state index in [1.54, 1.807) is 14.2 Å². The van der Waals surface area contributed by atoms with Crippen LogP contribution in [0, 0.1) is 0 Å². The Balaban J connectivity index is 1.90. The Morgan fingerprint density at radius 2 is 1.57 bits per heavy atom. The number of carbonyl (C=O) groups excluding carboxylic acids is 1. The van der Waals surface area contributed by atoms with E-state index in [1.807, 2.05) is 66.7 Å². The van der Waals surface area contributed by atoms with Crippen molar-refractivity contribution in [1.82, 2.24) is 0 Å². The number of hydrogen-bond donors (Lipinski definition) is 0. The van der Waals surface area contributed by atoms with Crippen molar-refractivity contribution in [3.63, 3.8) is 0 Å². The first-order valence-electron chi connectivity index (χ1n) is 9.52. The molecule has 4 aromatic carbocycles. The van der Waals surface area contributed by atoms with Crippen LogP contribution in [0.3, 0.4) is 0 Å². The molecule has 0 aromatic heterocycles. The SMILES string of the molecule is COC(=O)c1cc2cc(OC)c(OCc3ccccc3)cc2c2cc(OC)ccc12. The summed E-state index contributed by atoms with van der Waals surface area (Å²) >= 11 is 0. The summed E-state index contributed by atoms with van der Waals surface area (Å²) < 4.78 is 22.0. The van der Waals surface area contributed by atoms with E-state index in [9.17, 15) is 4.79 Å². The average Bonchev–Trinajstić information content (AvgIpc) is 2.81. The molecule has 0 amide bonds. The van der Waals surface area contributed by atoms with Crippen LogP contribution in [0.4, 0.5) is 0 Å². The van der Waals surface area contributed by atoms with Crippen LogP contribution in [0.5, 0.6) is 17.2 Å². The molecule has 30 heavy (non-hydrogen) atoms. The largest absolute Gasteiger partial charge is 0.497 e. The van der Waals surface area contributed by atoms with E-state index in [4.69, 9.17) is 18.9 Å². The normalized spacial score (nSPS) is 10.8. The number of esters is 1. The summed E-state index contributed by atoms with van der Waals surface area (Å²) in [6.07, 6.45) is 0. The standard InChI is InChI=1S/C25H22O5/c1-27-18-9-10-19-21(13-18)20-14-24(30-15-16-7-5-4-6-8-16)23(28-2)12-17(20)11-22(19)25(26)29-3/h4-14H,15H2,1-3H3. The van der Waals surface area contributed by atoms with Crippen LogP contribution in [0.2, 0.25) is 0 Å². The molecule has 4 rings (SSSR count). The van der Waals surface area contributed by atoms with Crippen LogP contribution in [0.25, 0.3) is 21.5 Å². The van der Waals surface area contributed by atoms with Crippen LogP contribution in [0.15, 0.2) is 66.7 Å². The molecule has 5 nitrogen and oxygen atoms in total. The summed E-state index contributed by atoms with van der Waals surface area (Å²) in [6, 6.07) is 21.2. The molecule has 0 aliphatic heterocycles. The maximum atomic E-state index is 12.4. The molecule has 0 heterocycles. The topological polar surface area (TPSA) is 54.0 Å². The second-order valence-corrected chi connectivity index (χ2v) is 6.83. The highest BCUT2D eigenvalue weighted by atomic mass is 16.5. The molecular weight excluding hydrogens is 380 g/mol. The number of carbonyl (C=O) groups is 1. The fraction of sp³-hybridized carbons (Fsp3) is 0.160. The summed E-state index contributed by atoms with van der Waals surface area (Å²) in [6.45, 7) is 0.421. The predicted octanol–water partition coefficient (Wildman–Crippen LogP) is 5.38. The van der Waals surface area contributed by atoms with Gasteiger partial charge in [-0.05, 0) is 63.5 Å². The zero-order valence-electron chi connectivity index (χ0n) is 17.1.